The van der Waals surface area contributed by atoms with Gasteiger partial charge in [0.15, 0.2) is 0 Å². The van der Waals surface area contributed by atoms with Gasteiger partial charge in [-0.3, -0.25) is 0 Å². The fourth-order valence-corrected chi connectivity index (χ4v) is 4.38. The standard InChI is InChI=1S/C24H28N6O/c25-22-9-8-19(16-26-22)21-15-23(28-24(27-21)29-11-13-31-14-12-29)30-10-4-7-20(17-30)18-5-2-1-3-6-18/h1-3,5-6,8-9,15-16,20H,4,7,10-14,17H2,(H2,25,26). The Bertz CT molecular complexity index is 1000. The Morgan fingerprint density at radius 2 is 1.77 bits per heavy atom. The molecule has 7 heteroatoms. The van der Waals surface area contributed by atoms with E-state index in [1.807, 2.05) is 12.1 Å². The van der Waals surface area contributed by atoms with Gasteiger partial charge in [0.25, 0.3) is 0 Å². The Morgan fingerprint density at radius 1 is 0.935 bits per heavy atom. The number of pyridine rings is 1. The number of ether oxygens (including phenoxy) is 1. The van der Waals surface area contributed by atoms with Gasteiger partial charge in [0, 0.05) is 49.9 Å². The number of piperidine rings is 1. The van der Waals surface area contributed by atoms with Crippen LogP contribution in [-0.2, 0) is 4.74 Å². The maximum absolute atomic E-state index is 5.79. The summed E-state index contributed by atoms with van der Waals surface area (Å²) in [4.78, 5) is 18.7. The third kappa shape index (κ3) is 4.46. The second kappa shape index (κ2) is 8.89. The first-order valence-corrected chi connectivity index (χ1v) is 11.0. The quantitative estimate of drug-likeness (QED) is 0.699. The predicted octanol–water partition coefficient (Wildman–Crippen LogP) is 3.34. The van der Waals surface area contributed by atoms with Crippen LogP contribution in [0.2, 0.25) is 0 Å². The second-order valence-electron chi connectivity index (χ2n) is 8.18. The normalized spacial score (nSPS) is 19.4. The zero-order chi connectivity index (χ0) is 21.0. The highest BCUT2D eigenvalue weighted by Crippen LogP contribution is 2.32. The van der Waals surface area contributed by atoms with E-state index < -0.39 is 0 Å². The number of anilines is 3. The van der Waals surface area contributed by atoms with Crippen LogP contribution in [0.5, 0.6) is 0 Å². The van der Waals surface area contributed by atoms with Crippen molar-refractivity contribution < 1.29 is 4.74 Å². The molecule has 160 valence electrons. The maximum atomic E-state index is 5.79. The summed E-state index contributed by atoms with van der Waals surface area (Å²) in [6, 6.07) is 16.7. The Labute approximate surface area is 182 Å². The number of nitrogens with two attached hydrogens (primary N) is 1. The number of aromatic nitrogens is 3. The lowest BCUT2D eigenvalue weighted by molar-refractivity contribution is 0.122. The van der Waals surface area contributed by atoms with E-state index in [1.54, 1.807) is 6.20 Å². The van der Waals surface area contributed by atoms with Crippen LogP contribution in [0.15, 0.2) is 54.7 Å². The van der Waals surface area contributed by atoms with Crippen molar-refractivity contribution in [2.45, 2.75) is 18.8 Å². The summed E-state index contributed by atoms with van der Waals surface area (Å²) in [5.74, 6) is 2.75. The molecule has 4 heterocycles. The topological polar surface area (TPSA) is 80.4 Å². The van der Waals surface area contributed by atoms with Crippen LogP contribution in [0.4, 0.5) is 17.6 Å². The largest absolute Gasteiger partial charge is 0.384 e. The summed E-state index contributed by atoms with van der Waals surface area (Å²) >= 11 is 0. The van der Waals surface area contributed by atoms with Gasteiger partial charge < -0.3 is 20.3 Å². The van der Waals surface area contributed by atoms with Crippen molar-refractivity contribution in [1.82, 2.24) is 15.0 Å². The number of benzene rings is 1. The molecule has 0 bridgehead atoms. The van der Waals surface area contributed by atoms with E-state index in [0.29, 0.717) is 24.9 Å². The highest BCUT2D eigenvalue weighted by Gasteiger charge is 2.24. The first-order chi connectivity index (χ1) is 15.3. The van der Waals surface area contributed by atoms with Gasteiger partial charge in [-0.1, -0.05) is 30.3 Å². The summed E-state index contributed by atoms with van der Waals surface area (Å²) in [7, 11) is 0. The third-order valence-electron chi connectivity index (χ3n) is 6.09. The van der Waals surface area contributed by atoms with Crippen LogP contribution < -0.4 is 15.5 Å². The lowest BCUT2D eigenvalue weighted by Gasteiger charge is -2.35. The molecule has 0 amide bonds. The van der Waals surface area contributed by atoms with E-state index in [2.05, 4.69) is 51.2 Å². The lowest BCUT2D eigenvalue weighted by Crippen LogP contribution is -2.38. The maximum Gasteiger partial charge on any atom is 0.228 e. The van der Waals surface area contributed by atoms with E-state index in [4.69, 9.17) is 20.4 Å². The van der Waals surface area contributed by atoms with Gasteiger partial charge in [0.1, 0.15) is 11.6 Å². The zero-order valence-electron chi connectivity index (χ0n) is 17.7. The molecule has 1 aromatic carbocycles. The Morgan fingerprint density at radius 3 is 2.55 bits per heavy atom. The molecular formula is C24H28N6O. The average Bonchev–Trinajstić information content (AvgIpc) is 2.85. The Balaban J connectivity index is 1.49. The molecule has 0 saturated carbocycles. The molecule has 5 rings (SSSR count). The highest BCUT2D eigenvalue weighted by molar-refractivity contribution is 5.65. The van der Waals surface area contributed by atoms with Gasteiger partial charge in [-0.25, -0.2) is 9.97 Å². The molecule has 0 radical (unpaired) electrons. The average molecular weight is 417 g/mol. The number of nitrogen functional groups attached to an aromatic ring is 1. The summed E-state index contributed by atoms with van der Waals surface area (Å²) in [6.07, 6.45) is 4.14. The van der Waals surface area contributed by atoms with Crippen LogP contribution in [0.3, 0.4) is 0 Å². The van der Waals surface area contributed by atoms with Gasteiger partial charge in [-0.15, -0.1) is 0 Å². The molecule has 3 aromatic rings. The Hall–Kier alpha value is -3.19. The van der Waals surface area contributed by atoms with E-state index in [9.17, 15) is 0 Å². The second-order valence-corrected chi connectivity index (χ2v) is 8.18. The van der Waals surface area contributed by atoms with Crippen LogP contribution >= 0.6 is 0 Å². The van der Waals surface area contributed by atoms with E-state index >= 15 is 0 Å². The van der Waals surface area contributed by atoms with Gasteiger partial charge in [0.2, 0.25) is 5.95 Å². The first kappa shape index (κ1) is 19.8. The molecule has 2 saturated heterocycles. The summed E-state index contributed by atoms with van der Waals surface area (Å²) in [5, 5.41) is 0. The van der Waals surface area contributed by atoms with Crippen LogP contribution in [0, 0.1) is 0 Å². The molecule has 0 aliphatic carbocycles. The highest BCUT2D eigenvalue weighted by atomic mass is 16.5. The third-order valence-corrected chi connectivity index (χ3v) is 6.09. The predicted molar refractivity (Wildman–Crippen MR) is 123 cm³/mol. The minimum atomic E-state index is 0.508. The Kier molecular flexibility index (Phi) is 5.67. The number of rotatable bonds is 4. The zero-order valence-corrected chi connectivity index (χ0v) is 17.7. The lowest BCUT2D eigenvalue weighted by atomic mass is 9.90. The van der Waals surface area contributed by atoms with Crippen molar-refractivity contribution in [3.05, 3.63) is 60.3 Å². The van der Waals surface area contributed by atoms with Crippen LogP contribution in [0.1, 0.15) is 24.3 Å². The number of hydrogen-bond donors (Lipinski definition) is 1. The smallest absolute Gasteiger partial charge is 0.228 e. The van der Waals surface area contributed by atoms with E-state index in [1.165, 1.54) is 12.0 Å². The van der Waals surface area contributed by atoms with Gasteiger partial charge in [0.05, 0.1) is 18.9 Å². The first-order valence-electron chi connectivity index (χ1n) is 11.0. The van der Waals surface area contributed by atoms with E-state index in [-0.39, 0.29) is 0 Å². The minimum Gasteiger partial charge on any atom is -0.384 e. The molecule has 2 aliphatic rings. The molecule has 31 heavy (non-hydrogen) atoms. The van der Waals surface area contributed by atoms with Gasteiger partial charge >= 0.3 is 0 Å². The number of hydrogen-bond acceptors (Lipinski definition) is 7. The monoisotopic (exact) mass is 416 g/mol. The van der Waals surface area contributed by atoms with Crippen molar-refractivity contribution >= 4 is 17.6 Å². The molecule has 2 aliphatic heterocycles. The van der Waals surface area contributed by atoms with Crippen molar-refractivity contribution in [1.29, 1.82) is 0 Å². The number of morpholine rings is 1. The molecule has 2 fully saturated rings. The molecule has 2 aromatic heterocycles. The van der Waals surface area contributed by atoms with Gasteiger partial charge in [-0.05, 0) is 30.5 Å². The van der Waals surface area contributed by atoms with E-state index in [0.717, 1.165) is 55.6 Å². The molecule has 0 spiro atoms. The molecule has 1 atom stereocenters. The number of nitrogens with zero attached hydrogens (tertiary/aromatic N) is 5. The fourth-order valence-electron chi connectivity index (χ4n) is 4.38. The minimum absolute atomic E-state index is 0.508. The molecule has 1 unspecified atom stereocenters. The summed E-state index contributed by atoms with van der Waals surface area (Å²) in [5.41, 5.74) is 9.02. The van der Waals surface area contributed by atoms with Crippen molar-refractivity contribution in [3.63, 3.8) is 0 Å². The molecule has 2 N–H and O–H groups in total. The van der Waals surface area contributed by atoms with Crippen molar-refractivity contribution in [2.75, 3.05) is 54.9 Å². The van der Waals surface area contributed by atoms with Crippen molar-refractivity contribution in [3.8, 4) is 11.3 Å². The van der Waals surface area contributed by atoms with Crippen LogP contribution in [-0.4, -0.2) is 54.3 Å². The van der Waals surface area contributed by atoms with Crippen LogP contribution in [0.25, 0.3) is 11.3 Å². The van der Waals surface area contributed by atoms with Gasteiger partial charge in [-0.2, -0.15) is 4.98 Å². The summed E-state index contributed by atoms with van der Waals surface area (Å²) < 4.78 is 5.53. The summed E-state index contributed by atoms with van der Waals surface area (Å²) in [6.45, 7) is 4.97. The SMILES string of the molecule is Nc1ccc(-c2cc(N3CCCC(c4ccccc4)C3)nc(N3CCOCC3)n2)cn1. The van der Waals surface area contributed by atoms with Crippen molar-refractivity contribution in [2.24, 2.45) is 0 Å². The molecular weight excluding hydrogens is 388 g/mol. The molecule has 7 nitrogen and oxygen atoms in total. The fraction of sp³-hybridized carbons (Fsp3) is 0.375.